The minimum Gasteiger partial charge on any atom is -0.496 e. The van der Waals surface area contributed by atoms with E-state index < -0.39 is 0 Å². The predicted molar refractivity (Wildman–Crippen MR) is 73.6 cm³/mol. The largest absolute Gasteiger partial charge is 0.496 e. The third-order valence-electron chi connectivity index (χ3n) is 3.11. The van der Waals surface area contributed by atoms with Crippen LogP contribution in [0.25, 0.3) is 0 Å². The zero-order valence-electron chi connectivity index (χ0n) is 11.1. The molecule has 1 unspecified atom stereocenters. The number of halogens is 1. The van der Waals surface area contributed by atoms with Crippen LogP contribution in [-0.4, -0.2) is 7.11 Å². The SMILES string of the molecule is COc1c(C)cc(C(Cl)c2occc2C)cc1C. The number of hydrogen-bond acceptors (Lipinski definition) is 2. The summed E-state index contributed by atoms with van der Waals surface area (Å²) in [5.41, 5.74) is 4.27. The highest BCUT2D eigenvalue weighted by Crippen LogP contribution is 2.35. The molecule has 2 aromatic rings. The summed E-state index contributed by atoms with van der Waals surface area (Å²) >= 11 is 6.48. The van der Waals surface area contributed by atoms with Crippen LogP contribution in [0.2, 0.25) is 0 Å². The van der Waals surface area contributed by atoms with Crippen molar-refractivity contribution in [2.75, 3.05) is 7.11 Å². The predicted octanol–water partition coefficient (Wildman–Crippen LogP) is 4.54. The molecule has 0 N–H and O–H groups in total. The zero-order valence-corrected chi connectivity index (χ0v) is 11.8. The van der Waals surface area contributed by atoms with Crippen molar-refractivity contribution in [3.8, 4) is 5.75 Å². The van der Waals surface area contributed by atoms with Gasteiger partial charge in [-0.05, 0) is 49.1 Å². The van der Waals surface area contributed by atoms with Gasteiger partial charge in [0.15, 0.2) is 0 Å². The molecule has 0 aliphatic rings. The molecule has 0 fully saturated rings. The smallest absolute Gasteiger partial charge is 0.128 e. The second-order valence-corrected chi connectivity index (χ2v) is 4.95. The lowest BCUT2D eigenvalue weighted by Crippen LogP contribution is -1.98. The number of aryl methyl sites for hydroxylation is 3. The molecular formula is C15H17ClO2. The Morgan fingerprint density at radius 3 is 2.17 bits per heavy atom. The third kappa shape index (κ3) is 2.25. The van der Waals surface area contributed by atoms with Crippen molar-refractivity contribution in [3.05, 3.63) is 52.5 Å². The average molecular weight is 265 g/mol. The summed E-state index contributed by atoms with van der Waals surface area (Å²) in [6, 6.07) is 6.02. The maximum Gasteiger partial charge on any atom is 0.128 e. The van der Waals surface area contributed by atoms with E-state index in [1.54, 1.807) is 13.4 Å². The molecule has 0 saturated carbocycles. The molecule has 2 rings (SSSR count). The molecule has 3 heteroatoms. The maximum absolute atomic E-state index is 6.48. The highest BCUT2D eigenvalue weighted by atomic mass is 35.5. The Balaban J connectivity index is 2.43. The molecule has 1 atom stereocenters. The van der Waals surface area contributed by atoms with Gasteiger partial charge >= 0.3 is 0 Å². The normalized spacial score (nSPS) is 12.5. The molecule has 1 aromatic carbocycles. The number of methoxy groups -OCH3 is 1. The van der Waals surface area contributed by atoms with Crippen LogP contribution in [0.3, 0.4) is 0 Å². The molecule has 18 heavy (non-hydrogen) atoms. The summed E-state index contributed by atoms with van der Waals surface area (Å²) < 4.78 is 10.8. The summed E-state index contributed by atoms with van der Waals surface area (Å²) in [5, 5.41) is -0.261. The molecule has 0 bridgehead atoms. The molecule has 1 heterocycles. The van der Waals surface area contributed by atoms with Gasteiger partial charge in [0.2, 0.25) is 0 Å². The highest BCUT2D eigenvalue weighted by Gasteiger charge is 2.18. The Morgan fingerprint density at radius 1 is 1.11 bits per heavy atom. The first-order chi connectivity index (χ1) is 8.54. The van der Waals surface area contributed by atoms with Gasteiger partial charge in [0, 0.05) is 0 Å². The van der Waals surface area contributed by atoms with E-state index >= 15 is 0 Å². The van der Waals surface area contributed by atoms with E-state index in [-0.39, 0.29) is 5.38 Å². The van der Waals surface area contributed by atoms with Crippen LogP contribution in [0.1, 0.15) is 33.4 Å². The number of benzene rings is 1. The van der Waals surface area contributed by atoms with E-state index in [1.165, 1.54) is 0 Å². The fourth-order valence-electron chi connectivity index (χ4n) is 2.25. The molecule has 0 amide bonds. The third-order valence-corrected chi connectivity index (χ3v) is 3.56. The minimum atomic E-state index is -0.261. The summed E-state index contributed by atoms with van der Waals surface area (Å²) in [4.78, 5) is 0. The van der Waals surface area contributed by atoms with E-state index in [9.17, 15) is 0 Å². The van der Waals surface area contributed by atoms with Gasteiger partial charge in [0.25, 0.3) is 0 Å². The van der Waals surface area contributed by atoms with E-state index in [0.29, 0.717) is 0 Å². The fourth-order valence-corrected chi connectivity index (χ4v) is 2.60. The molecule has 96 valence electrons. The fraction of sp³-hybridized carbons (Fsp3) is 0.333. The molecule has 0 radical (unpaired) electrons. The summed E-state index contributed by atoms with van der Waals surface area (Å²) in [6.45, 7) is 6.04. The van der Waals surface area contributed by atoms with Crippen molar-refractivity contribution < 1.29 is 9.15 Å². The van der Waals surface area contributed by atoms with Crippen molar-refractivity contribution in [2.45, 2.75) is 26.1 Å². The second kappa shape index (κ2) is 5.07. The molecular weight excluding hydrogens is 248 g/mol. The summed E-state index contributed by atoms with van der Waals surface area (Å²) in [6.07, 6.45) is 1.67. The Hall–Kier alpha value is -1.41. The van der Waals surface area contributed by atoms with Crippen molar-refractivity contribution in [1.29, 1.82) is 0 Å². The van der Waals surface area contributed by atoms with Gasteiger partial charge in [-0.3, -0.25) is 0 Å². The van der Waals surface area contributed by atoms with Crippen LogP contribution in [0, 0.1) is 20.8 Å². The van der Waals surface area contributed by atoms with Crippen molar-refractivity contribution >= 4 is 11.6 Å². The quantitative estimate of drug-likeness (QED) is 0.760. The molecule has 1 aromatic heterocycles. The van der Waals surface area contributed by atoms with Crippen molar-refractivity contribution in [1.82, 2.24) is 0 Å². The number of furan rings is 1. The van der Waals surface area contributed by atoms with Crippen LogP contribution < -0.4 is 4.74 Å². The van der Waals surface area contributed by atoms with Gasteiger partial charge in [0.05, 0.1) is 13.4 Å². The lowest BCUT2D eigenvalue weighted by molar-refractivity contribution is 0.408. The highest BCUT2D eigenvalue weighted by molar-refractivity contribution is 6.22. The molecule has 0 aliphatic heterocycles. The van der Waals surface area contributed by atoms with E-state index in [0.717, 1.165) is 33.8 Å². The van der Waals surface area contributed by atoms with Gasteiger partial charge in [-0.1, -0.05) is 12.1 Å². The summed E-state index contributed by atoms with van der Waals surface area (Å²) in [7, 11) is 1.68. The maximum atomic E-state index is 6.48. The molecule has 0 spiro atoms. The lowest BCUT2D eigenvalue weighted by Gasteiger charge is -2.14. The molecule has 0 saturated heterocycles. The Labute approximate surface area is 113 Å². The lowest BCUT2D eigenvalue weighted by atomic mass is 10.0. The van der Waals surface area contributed by atoms with Crippen LogP contribution >= 0.6 is 11.6 Å². The number of rotatable bonds is 3. The molecule has 2 nitrogen and oxygen atoms in total. The minimum absolute atomic E-state index is 0.261. The second-order valence-electron chi connectivity index (χ2n) is 4.52. The van der Waals surface area contributed by atoms with Gasteiger partial charge in [0.1, 0.15) is 16.9 Å². The number of alkyl halides is 1. The number of hydrogen-bond donors (Lipinski definition) is 0. The van der Waals surface area contributed by atoms with Crippen molar-refractivity contribution in [3.63, 3.8) is 0 Å². The van der Waals surface area contributed by atoms with Crippen LogP contribution in [-0.2, 0) is 0 Å². The molecule has 0 aliphatic carbocycles. The Morgan fingerprint density at radius 2 is 1.72 bits per heavy atom. The average Bonchev–Trinajstić information content (AvgIpc) is 2.74. The Kier molecular flexibility index (Phi) is 3.67. The van der Waals surface area contributed by atoms with Gasteiger partial charge in [-0.15, -0.1) is 11.6 Å². The Bertz CT molecular complexity index is 534. The standard InChI is InChI=1S/C15H17ClO2/c1-9-5-6-18-15(9)13(16)12-7-10(2)14(17-4)11(3)8-12/h5-8,13H,1-4H3. The zero-order chi connectivity index (χ0) is 13.3. The first kappa shape index (κ1) is 13.0. The first-order valence-electron chi connectivity index (χ1n) is 5.87. The topological polar surface area (TPSA) is 22.4 Å². The van der Waals surface area contributed by atoms with Crippen molar-refractivity contribution in [2.24, 2.45) is 0 Å². The van der Waals surface area contributed by atoms with Crippen LogP contribution in [0.4, 0.5) is 0 Å². The van der Waals surface area contributed by atoms with Crippen LogP contribution in [0.5, 0.6) is 5.75 Å². The van der Waals surface area contributed by atoms with Gasteiger partial charge < -0.3 is 9.15 Å². The van der Waals surface area contributed by atoms with Crippen LogP contribution in [0.15, 0.2) is 28.9 Å². The van der Waals surface area contributed by atoms with E-state index in [4.69, 9.17) is 20.8 Å². The number of ether oxygens (including phenoxy) is 1. The van der Waals surface area contributed by atoms with Gasteiger partial charge in [-0.2, -0.15) is 0 Å². The van der Waals surface area contributed by atoms with E-state index in [1.807, 2.05) is 39.0 Å². The van der Waals surface area contributed by atoms with Gasteiger partial charge in [-0.25, -0.2) is 0 Å². The summed E-state index contributed by atoms with van der Waals surface area (Å²) in [5.74, 6) is 1.72. The monoisotopic (exact) mass is 264 g/mol. The first-order valence-corrected chi connectivity index (χ1v) is 6.31. The van der Waals surface area contributed by atoms with E-state index in [2.05, 4.69) is 0 Å².